The minimum Gasteiger partial charge on any atom is -0.347 e. The Kier molecular flexibility index (Phi) is 2.84. The van der Waals surface area contributed by atoms with Gasteiger partial charge in [0.15, 0.2) is 6.73 Å². The van der Waals surface area contributed by atoms with Gasteiger partial charge in [-0.15, -0.1) is 0 Å². The van der Waals surface area contributed by atoms with Gasteiger partial charge in [0, 0.05) is 5.56 Å². The second kappa shape index (κ2) is 3.70. The van der Waals surface area contributed by atoms with Crippen LogP contribution in [0.4, 0.5) is 0 Å². The Hall–Kier alpha value is -0.860. The maximum Gasteiger partial charge on any atom is 0.180 e. The lowest BCUT2D eigenvalue weighted by Crippen LogP contribution is -2.39. The maximum atomic E-state index is 9.03. The summed E-state index contributed by atoms with van der Waals surface area (Å²) in [6.45, 7) is 1.05. The number of nitrogens with zero attached hydrogens (tertiary/aromatic N) is 1. The summed E-state index contributed by atoms with van der Waals surface area (Å²) in [7, 11) is 4.01. The zero-order chi connectivity index (χ0) is 9.03. The normalized spacial score (nSPS) is 11.6. The molecule has 0 aliphatic rings. The number of quaternary nitrogens is 1. The van der Waals surface area contributed by atoms with Gasteiger partial charge in [0.25, 0.3) is 0 Å². The van der Waals surface area contributed by atoms with Crippen LogP contribution < -0.4 is 0 Å². The molecule has 0 aliphatic carbocycles. The van der Waals surface area contributed by atoms with E-state index in [1.54, 1.807) is 0 Å². The highest BCUT2D eigenvalue weighted by molar-refractivity contribution is 5.13. The predicted molar refractivity (Wildman–Crippen MR) is 49.3 cm³/mol. The molecule has 2 heteroatoms. The summed E-state index contributed by atoms with van der Waals surface area (Å²) < 4.78 is 0.615. The Labute approximate surface area is 73.7 Å². The third kappa shape index (κ3) is 2.64. The summed E-state index contributed by atoms with van der Waals surface area (Å²) in [5.41, 5.74) is 1.26. The Balaban J connectivity index is 2.64. The van der Waals surface area contributed by atoms with Gasteiger partial charge in [0.2, 0.25) is 0 Å². The van der Waals surface area contributed by atoms with Crippen molar-refractivity contribution in [1.82, 2.24) is 0 Å². The first-order valence-electron chi connectivity index (χ1n) is 4.11. The predicted octanol–water partition coefficient (Wildman–Crippen LogP) is 1.21. The standard InChI is InChI=1S/C10H16NO/c1-11(2,9-12)8-10-6-4-3-5-7-10/h3-7,12H,8-9H2,1-2H3/q+1. The van der Waals surface area contributed by atoms with Crippen LogP contribution in [0.3, 0.4) is 0 Å². The molecular weight excluding hydrogens is 150 g/mol. The Morgan fingerprint density at radius 1 is 1.17 bits per heavy atom. The number of rotatable bonds is 3. The lowest BCUT2D eigenvalue weighted by molar-refractivity contribution is -0.921. The third-order valence-electron chi connectivity index (χ3n) is 1.84. The van der Waals surface area contributed by atoms with Crippen molar-refractivity contribution in [3.8, 4) is 0 Å². The van der Waals surface area contributed by atoms with E-state index in [1.165, 1.54) is 5.56 Å². The molecular formula is C10H16NO+. The molecule has 0 aromatic heterocycles. The first-order valence-corrected chi connectivity index (χ1v) is 4.11. The van der Waals surface area contributed by atoms with E-state index in [1.807, 2.05) is 32.3 Å². The molecule has 0 atom stereocenters. The number of benzene rings is 1. The fourth-order valence-electron chi connectivity index (χ4n) is 1.13. The molecule has 66 valence electrons. The quantitative estimate of drug-likeness (QED) is 0.528. The summed E-state index contributed by atoms with van der Waals surface area (Å²) in [5.74, 6) is 0. The summed E-state index contributed by atoms with van der Waals surface area (Å²) in [5, 5.41) is 9.03. The van der Waals surface area contributed by atoms with Crippen LogP contribution in [0.1, 0.15) is 5.56 Å². The van der Waals surface area contributed by atoms with Gasteiger partial charge in [-0.1, -0.05) is 30.3 Å². The average molecular weight is 166 g/mol. The van der Waals surface area contributed by atoms with Gasteiger partial charge in [-0.3, -0.25) is 0 Å². The topological polar surface area (TPSA) is 20.2 Å². The smallest absolute Gasteiger partial charge is 0.180 e. The second-order valence-electron chi connectivity index (χ2n) is 3.72. The molecule has 0 radical (unpaired) electrons. The van der Waals surface area contributed by atoms with Gasteiger partial charge < -0.3 is 9.59 Å². The van der Waals surface area contributed by atoms with Crippen molar-refractivity contribution in [2.24, 2.45) is 0 Å². The molecule has 0 fully saturated rings. The molecule has 0 bridgehead atoms. The summed E-state index contributed by atoms with van der Waals surface area (Å²) in [4.78, 5) is 0. The third-order valence-corrected chi connectivity index (χ3v) is 1.84. The maximum absolute atomic E-state index is 9.03. The molecule has 1 aromatic rings. The Bertz CT molecular complexity index is 231. The van der Waals surface area contributed by atoms with E-state index in [2.05, 4.69) is 12.1 Å². The van der Waals surface area contributed by atoms with Crippen LogP contribution in [0.25, 0.3) is 0 Å². The highest BCUT2D eigenvalue weighted by Crippen LogP contribution is 2.06. The lowest BCUT2D eigenvalue weighted by atomic mass is 10.2. The highest BCUT2D eigenvalue weighted by Gasteiger charge is 2.12. The fraction of sp³-hybridized carbons (Fsp3) is 0.400. The molecule has 12 heavy (non-hydrogen) atoms. The van der Waals surface area contributed by atoms with Crippen molar-refractivity contribution in [2.75, 3.05) is 20.8 Å². The summed E-state index contributed by atoms with van der Waals surface area (Å²) in [6.07, 6.45) is 0. The van der Waals surface area contributed by atoms with Gasteiger partial charge in [-0.25, -0.2) is 0 Å². The number of hydrogen-bond acceptors (Lipinski definition) is 1. The van der Waals surface area contributed by atoms with Crippen molar-refractivity contribution in [3.63, 3.8) is 0 Å². The van der Waals surface area contributed by atoms with Crippen molar-refractivity contribution < 1.29 is 9.59 Å². The largest absolute Gasteiger partial charge is 0.347 e. The second-order valence-corrected chi connectivity index (χ2v) is 3.72. The molecule has 0 unspecified atom stereocenters. The van der Waals surface area contributed by atoms with E-state index in [9.17, 15) is 0 Å². The van der Waals surface area contributed by atoms with E-state index in [0.717, 1.165) is 6.54 Å². The highest BCUT2D eigenvalue weighted by atomic mass is 16.3. The van der Waals surface area contributed by atoms with Crippen molar-refractivity contribution >= 4 is 0 Å². The Morgan fingerprint density at radius 2 is 1.75 bits per heavy atom. The first kappa shape index (κ1) is 9.23. The van der Waals surface area contributed by atoms with Crippen LogP contribution in [0.2, 0.25) is 0 Å². The monoisotopic (exact) mass is 166 g/mol. The van der Waals surface area contributed by atoms with Crippen molar-refractivity contribution in [1.29, 1.82) is 0 Å². The van der Waals surface area contributed by atoms with Crippen LogP contribution in [0.5, 0.6) is 0 Å². The molecule has 1 N–H and O–H groups in total. The molecule has 0 saturated heterocycles. The molecule has 2 nitrogen and oxygen atoms in total. The lowest BCUT2D eigenvalue weighted by Gasteiger charge is -2.26. The van der Waals surface area contributed by atoms with E-state index < -0.39 is 0 Å². The van der Waals surface area contributed by atoms with Gasteiger partial charge in [0.05, 0.1) is 14.1 Å². The van der Waals surface area contributed by atoms with Gasteiger partial charge in [-0.2, -0.15) is 0 Å². The van der Waals surface area contributed by atoms with Crippen LogP contribution in [0.15, 0.2) is 30.3 Å². The number of hydrogen-bond donors (Lipinski definition) is 1. The van der Waals surface area contributed by atoms with Crippen LogP contribution >= 0.6 is 0 Å². The summed E-state index contributed by atoms with van der Waals surface area (Å²) in [6, 6.07) is 10.2. The fourth-order valence-corrected chi connectivity index (χ4v) is 1.13. The van der Waals surface area contributed by atoms with E-state index in [-0.39, 0.29) is 6.73 Å². The minimum atomic E-state index is 0.175. The van der Waals surface area contributed by atoms with Crippen LogP contribution in [-0.4, -0.2) is 30.4 Å². The molecule has 1 rings (SSSR count). The van der Waals surface area contributed by atoms with E-state index in [4.69, 9.17) is 5.11 Å². The molecule has 0 aliphatic heterocycles. The van der Waals surface area contributed by atoms with Gasteiger partial charge in [0.1, 0.15) is 6.54 Å². The molecule has 0 saturated carbocycles. The van der Waals surface area contributed by atoms with E-state index in [0.29, 0.717) is 4.48 Å². The molecule has 1 aromatic carbocycles. The molecule has 0 amide bonds. The average Bonchev–Trinajstić information content (AvgIpc) is 2.06. The summed E-state index contributed by atoms with van der Waals surface area (Å²) >= 11 is 0. The van der Waals surface area contributed by atoms with Crippen LogP contribution in [0, 0.1) is 0 Å². The molecule has 0 heterocycles. The number of aliphatic hydroxyl groups is 1. The zero-order valence-corrected chi connectivity index (χ0v) is 7.70. The van der Waals surface area contributed by atoms with Crippen LogP contribution in [-0.2, 0) is 6.54 Å². The zero-order valence-electron chi connectivity index (χ0n) is 7.70. The molecule has 0 spiro atoms. The van der Waals surface area contributed by atoms with E-state index >= 15 is 0 Å². The van der Waals surface area contributed by atoms with Gasteiger partial charge in [-0.05, 0) is 0 Å². The number of aliphatic hydroxyl groups excluding tert-OH is 1. The van der Waals surface area contributed by atoms with Crippen molar-refractivity contribution in [2.45, 2.75) is 6.54 Å². The van der Waals surface area contributed by atoms with Crippen molar-refractivity contribution in [3.05, 3.63) is 35.9 Å². The SMILES string of the molecule is C[N+](C)(CO)Cc1ccccc1. The minimum absolute atomic E-state index is 0.175. The first-order chi connectivity index (χ1) is 5.64. The Morgan fingerprint density at radius 3 is 2.25 bits per heavy atom. The van der Waals surface area contributed by atoms with Gasteiger partial charge >= 0.3 is 0 Å².